The van der Waals surface area contributed by atoms with Gasteiger partial charge in [-0.25, -0.2) is 0 Å². The molecule has 9 nitrogen and oxygen atoms in total. The summed E-state index contributed by atoms with van der Waals surface area (Å²) in [6, 6.07) is 0. The van der Waals surface area contributed by atoms with Gasteiger partial charge in [-0.3, -0.25) is 14.4 Å². The molecular weight excluding hydrogens is 496 g/mol. The van der Waals surface area contributed by atoms with E-state index >= 15 is 0 Å². The normalized spacial score (nSPS) is 44.9. The summed E-state index contributed by atoms with van der Waals surface area (Å²) < 4.78 is 30.4. The molecule has 1 heterocycles. The zero-order chi connectivity index (χ0) is 27.7. The van der Waals surface area contributed by atoms with E-state index in [1.165, 1.54) is 21.0 Å². The van der Waals surface area contributed by atoms with Gasteiger partial charge in [-0.2, -0.15) is 0 Å². The van der Waals surface area contributed by atoms with Crippen LogP contribution in [0.2, 0.25) is 6.55 Å². The van der Waals surface area contributed by atoms with E-state index in [-0.39, 0.29) is 18.3 Å². The Labute approximate surface area is 221 Å². The number of rotatable bonds is 5. The Bertz CT molecular complexity index is 1020. The molecular formula is C27H42O9Si. The lowest BCUT2D eigenvalue weighted by molar-refractivity contribution is -0.345. The number of ether oxygens (including phenoxy) is 4. The third-order valence-electron chi connectivity index (χ3n) is 9.90. The molecule has 3 fully saturated rings. The molecule has 1 saturated heterocycles. The highest BCUT2D eigenvalue weighted by Crippen LogP contribution is 2.65. The Kier molecular flexibility index (Phi) is 7.11. The number of carbonyl (C=O) groups excluding carboxylic acids is 3. The molecule has 0 aromatic carbocycles. The second-order valence-corrected chi connectivity index (χ2v) is 13.0. The van der Waals surface area contributed by atoms with Crippen molar-refractivity contribution in [3.63, 3.8) is 0 Å². The maximum atomic E-state index is 14.8. The number of hydrogen-bond acceptors (Lipinski definition) is 9. The van der Waals surface area contributed by atoms with Crippen molar-refractivity contribution in [2.75, 3.05) is 13.7 Å². The SMILES string of the molecule is COC1C(=O)[C@]2(C)C(O[SiH2]C)CC3OCC3(OC(C)=O)C2C(OC(C)=O)C2(O)CC(C)C(C)=C1C2(C)C. The summed E-state index contributed by atoms with van der Waals surface area (Å²) in [4.78, 5) is 40.0. The molecule has 2 saturated carbocycles. The van der Waals surface area contributed by atoms with Crippen LogP contribution in [0.15, 0.2) is 11.1 Å². The fourth-order valence-corrected chi connectivity index (χ4v) is 8.84. The van der Waals surface area contributed by atoms with Crippen LogP contribution in [0.4, 0.5) is 0 Å². The summed E-state index contributed by atoms with van der Waals surface area (Å²) in [5.41, 5.74) is -3.50. The average Bonchev–Trinajstić information content (AvgIpc) is 2.78. The van der Waals surface area contributed by atoms with Crippen LogP contribution in [0.5, 0.6) is 0 Å². The van der Waals surface area contributed by atoms with Crippen LogP contribution in [-0.2, 0) is 37.8 Å². The van der Waals surface area contributed by atoms with E-state index in [1.807, 2.05) is 34.2 Å². The van der Waals surface area contributed by atoms with E-state index in [9.17, 15) is 19.5 Å². The van der Waals surface area contributed by atoms with E-state index in [1.54, 1.807) is 6.92 Å². The van der Waals surface area contributed by atoms with Crippen LogP contribution in [0, 0.1) is 22.7 Å². The summed E-state index contributed by atoms with van der Waals surface area (Å²) in [6.07, 6.45) is -2.64. The molecule has 0 amide bonds. The van der Waals surface area contributed by atoms with Crippen molar-refractivity contribution >= 4 is 27.5 Å². The van der Waals surface area contributed by atoms with Crippen molar-refractivity contribution < 1.29 is 42.9 Å². The molecule has 4 rings (SSSR count). The van der Waals surface area contributed by atoms with Crippen molar-refractivity contribution in [2.24, 2.45) is 22.7 Å². The zero-order valence-electron chi connectivity index (χ0n) is 23.5. The van der Waals surface area contributed by atoms with Crippen LogP contribution in [0.1, 0.15) is 61.3 Å². The van der Waals surface area contributed by atoms with Crippen LogP contribution in [0.3, 0.4) is 0 Å². The molecule has 1 N–H and O–H groups in total. The molecule has 8 unspecified atom stereocenters. The first kappa shape index (κ1) is 28.4. The van der Waals surface area contributed by atoms with Crippen LogP contribution in [-0.4, -0.2) is 81.9 Å². The molecule has 1 aliphatic heterocycles. The van der Waals surface area contributed by atoms with Gasteiger partial charge in [-0.15, -0.1) is 0 Å². The molecule has 4 aliphatic rings. The van der Waals surface area contributed by atoms with Crippen molar-refractivity contribution in [3.8, 4) is 0 Å². The Morgan fingerprint density at radius 2 is 1.81 bits per heavy atom. The van der Waals surface area contributed by atoms with Gasteiger partial charge >= 0.3 is 11.9 Å². The van der Waals surface area contributed by atoms with Crippen molar-refractivity contribution in [1.82, 2.24) is 0 Å². The second-order valence-electron chi connectivity index (χ2n) is 12.0. The molecule has 9 atom stereocenters. The highest BCUT2D eigenvalue weighted by atomic mass is 28.2. The first-order valence-electron chi connectivity index (χ1n) is 13.2. The Morgan fingerprint density at radius 3 is 2.30 bits per heavy atom. The van der Waals surface area contributed by atoms with E-state index < -0.39 is 74.1 Å². The number of carbonyl (C=O) groups is 3. The highest BCUT2D eigenvalue weighted by molar-refractivity contribution is 6.25. The topological polar surface area (TPSA) is 118 Å². The van der Waals surface area contributed by atoms with Crippen LogP contribution in [0.25, 0.3) is 0 Å². The summed E-state index contributed by atoms with van der Waals surface area (Å²) in [6.45, 7) is 14.1. The number of esters is 2. The predicted octanol–water partition coefficient (Wildman–Crippen LogP) is 1.87. The van der Waals surface area contributed by atoms with Gasteiger partial charge in [0.2, 0.25) is 0 Å². The first-order valence-corrected chi connectivity index (χ1v) is 15.2. The number of fused-ring (bicyclic) bond motifs is 5. The summed E-state index contributed by atoms with van der Waals surface area (Å²) in [5, 5.41) is 12.8. The largest absolute Gasteiger partial charge is 0.459 e. The number of allylic oxidation sites excluding steroid dienone is 1. The molecule has 2 bridgehead atoms. The molecule has 10 heteroatoms. The van der Waals surface area contributed by atoms with Gasteiger partial charge in [0.1, 0.15) is 23.9 Å². The van der Waals surface area contributed by atoms with Crippen molar-refractivity contribution in [3.05, 3.63) is 11.1 Å². The van der Waals surface area contributed by atoms with Gasteiger partial charge < -0.3 is 28.5 Å². The van der Waals surface area contributed by atoms with E-state index in [2.05, 4.69) is 0 Å². The first-order chi connectivity index (χ1) is 17.1. The van der Waals surface area contributed by atoms with Crippen molar-refractivity contribution in [1.29, 1.82) is 0 Å². The lowest BCUT2D eigenvalue weighted by atomic mass is 9.44. The maximum absolute atomic E-state index is 14.8. The fourth-order valence-electron chi connectivity index (χ4n) is 7.95. The third kappa shape index (κ3) is 3.73. The number of Topliss-reactive ketones (excluding diaryl/α,β-unsaturated/α-hetero) is 1. The van der Waals surface area contributed by atoms with Gasteiger partial charge in [-0.05, 0) is 31.8 Å². The summed E-state index contributed by atoms with van der Waals surface area (Å²) >= 11 is 0. The standard InChI is InChI=1S/C27H42O9Si/c1-13-11-27(31)23(34-15(3)28)21-25(7,22(30)20(32-8)19(14(13)2)24(27,5)6)17(36-37-9)10-18-26(21,12-33-18)35-16(4)29/h13,17-18,20-21,23,31H,10-12,37H2,1-9H3/t13?,17?,18?,20?,21?,23?,25-,26?,27?/m1/s1. The van der Waals surface area contributed by atoms with Crippen LogP contribution < -0.4 is 0 Å². The maximum Gasteiger partial charge on any atom is 0.303 e. The third-order valence-corrected chi connectivity index (χ3v) is 10.6. The second kappa shape index (κ2) is 9.26. The smallest absolute Gasteiger partial charge is 0.303 e. The molecule has 0 aromatic heterocycles. The minimum Gasteiger partial charge on any atom is -0.459 e. The fraction of sp³-hybridized carbons (Fsp3) is 0.815. The monoisotopic (exact) mass is 538 g/mol. The van der Waals surface area contributed by atoms with E-state index in [0.29, 0.717) is 18.4 Å². The van der Waals surface area contributed by atoms with Gasteiger partial charge in [0, 0.05) is 32.8 Å². The lowest BCUT2D eigenvalue weighted by Gasteiger charge is -2.68. The Hall–Kier alpha value is -1.59. The molecule has 3 aliphatic carbocycles. The quantitative estimate of drug-likeness (QED) is 0.318. The van der Waals surface area contributed by atoms with E-state index in [0.717, 1.165) is 5.57 Å². The Balaban J connectivity index is 2.11. The number of ketones is 1. The predicted molar refractivity (Wildman–Crippen MR) is 136 cm³/mol. The molecule has 0 aromatic rings. The van der Waals surface area contributed by atoms with Gasteiger partial charge in [0.15, 0.2) is 21.1 Å². The van der Waals surface area contributed by atoms with Gasteiger partial charge in [-0.1, -0.05) is 32.9 Å². The molecule has 37 heavy (non-hydrogen) atoms. The molecule has 0 spiro atoms. The summed E-state index contributed by atoms with van der Waals surface area (Å²) in [5.74, 6) is -2.37. The zero-order valence-corrected chi connectivity index (χ0v) is 24.9. The minimum absolute atomic E-state index is 0.0320. The van der Waals surface area contributed by atoms with Gasteiger partial charge in [0.25, 0.3) is 0 Å². The lowest BCUT2D eigenvalue weighted by Crippen LogP contribution is -2.81. The van der Waals surface area contributed by atoms with E-state index in [4.69, 9.17) is 23.4 Å². The van der Waals surface area contributed by atoms with Crippen molar-refractivity contribution in [2.45, 2.75) is 103 Å². The minimum atomic E-state index is -1.60. The molecule has 0 radical (unpaired) electrons. The highest BCUT2D eigenvalue weighted by Gasteiger charge is 2.77. The number of methoxy groups -OCH3 is 1. The number of aliphatic hydroxyl groups is 1. The van der Waals surface area contributed by atoms with Gasteiger partial charge in [0.05, 0.1) is 24.0 Å². The number of hydrogen-bond donors (Lipinski definition) is 1. The summed E-state index contributed by atoms with van der Waals surface area (Å²) in [7, 11) is 0.517. The average molecular weight is 539 g/mol. The Morgan fingerprint density at radius 1 is 1.16 bits per heavy atom. The van der Waals surface area contributed by atoms with Crippen LogP contribution >= 0.6 is 0 Å². The molecule has 208 valence electrons.